The molecule has 0 spiro atoms. The van der Waals surface area contributed by atoms with Crippen LogP contribution < -0.4 is 0 Å². The molecule has 0 aromatic rings. The zero-order valence-electron chi connectivity index (χ0n) is 28.4. The van der Waals surface area contributed by atoms with Gasteiger partial charge in [-0.05, 0) is 38.5 Å². The third-order valence-electron chi connectivity index (χ3n) is 5.60. The minimum absolute atomic E-state index is 0.161. The van der Waals surface area contributed by atoms with Crippen LogP contribution in [0.25, 0.3) is 0 Å². The van der Waals surface area contributed by atoms with E-state index in [1.165, 1.54) is 0 Å². The average molecular weight is 665 g/mol. The van der Waals surface area contributed by atoms with Crippen LogP contribution in [-0.4, -0.2) is 79.3 Å². The van der Waals surface area contributed by atoms with Crippen LogP contribution in [-0.2, 0) is 50.5 Å². The van der Waals surface area contributed by atoms with Gasteiger partial charge in [0.2, 0.25) is 0 Å². The zero-order valence-corrected chi connectivity index (χ0v) is 30.1. The van der Waals surface area contributed by atoms with Gasteiger partial charge in [-0.2, -0.15) is 0 Å². The fourth-order valence-electron chi connectivity index (χ4n) is 2.86. The molecule has 0 saturated carbocycles. The van der Waals surface area contributed by atoms with Gasteiger partial charge in [-0.1, -0.05) is 80.1 Å². The molecule has 0 rings (SSSR count). The summed E-state index contributed by atoms with van der Waals surface area (Å²) in [6.45, 7) is 17.3. The van der Waals surface area contributed by atoms with E-state index in [4.69, 9.17) is 41.4 Å². The molecule has 0 aliphatic rings. The molecule has 0 aliphatic heterocycles. The van der Waals surface area contributed by atoms with Crippen LogP contribution in [0.3, 0.4) is 0 Å². The highest BCUT2D eigenvalue weighted by Crippen LogP contribution is 2.50. The van der Waals surface area contributed by atoms with Crippen molar-refractivity contribution in [3.8, 4) is 0 Å². The van der Waals surface area contributed by atoms with Gasteiger partial charge in [-0.3, -0.25) is 27.1 Å². The van der Waals surface area contributed by atoms with Crippen LogP contribution in [0, 0.1) is 0 Å². The molecule has 0 saturated heterocycles. The van der Waals surface area contributed by atoms with Crippen molar-refractivity contribution < 1.29 is 50.5 Å². The van der Waals surface area contributed by atoms with Crippen LogP contribution in [0.1, 0.15) is 119 Å². The van der Waals surface area contributed by atoms with Crippen LogP contribution in [0.4, 0.5) is 0 Å². The number of ether oxygens (including phenoxy) is 3. The summed E-state index contributed by atoms with van der Waals surface area (Å²) in [6.07, 6.45) is 11.8. The van der Waals surface area contributed by atoms with Gasteiger partial charge in [0.05, 0.1) is 59.5 Å². The Bertz CT molecular complexity index is 560. The van der Waals surface area contributed by atoms with Crippen molar-refractivity contribution in [1.29, 1.82) is 0 Å². The first-order chi connectivity index (χ1) is 20.9. The summed E-state index contributed by atoms with van der Waals surface area (Å²) >= 11 is 0. The molecular weight excluding hydrogens is 598 g/mol. The van der Waals surface area contributed by atoms with Crippen LogP contribution in [0.2, 0.25) is 0 Å². The normalized spacial score (nSPS) is 12.0. The van der Waals surface area contributed by atoms with E-state index in [0.717, 1.165) is 77.0 Å². The maximum absolute atomic E-state index is 12.6. The summed E-state index contributed by atoms with van der Waals surface area (Å²) in [6, 6.07) is 0. The van der Waals surface area contributed by atoms with Crippen molar-refractivity contribution in [3.05, 3.63) is 0 Å². The lowest BCUT2D eigenvalue weighted by atomic mass is 10.4. The van der Waals surface area contributed by atoms with E-state index in [-0.39, 0.29) is 19.8 Å². The molecule has 0 unspecified atom stereocenters. The maximum Gasteiger partial charge on any atom is 0.475 e. The standard InChI is InChI=1S/C18H39O7P.C12H27O4P/c1-4-7-10-20-13-16-23-26(19,24-17-14-21-11-8-5-2)25-18-15-22-12-9-6-3;1-4-7-10-14-17(13,15-11-8-5-2)16-12-9-6-3/h4-18H2,1-3H3;4-12H2,1-3H3. The van der Waals surface area contributed by atoms with Gasteiger partial charge < -0.3 is 14.2 Å². The van der Waals surface area contributed by atoms with E-state index < -0.39 is 15.6 Å². The summed E-state index contributed by atoms with van der Waals surface area (Å²) in [4.78, 5) is 0. The molecule has 0 atom stereocenters. The second-order valence-electron chi connectivity index (χ2n) is 9.85. The summed E-state index contributed by atoms with van der Waals surface area (Å²) in [5.74, 6) is 0. The van der Waals surface area contributed by atoms with Gasteiger partial charge in [-0.15, -0.1) is 0 Å². The molecule has 0 bridgehead atoms. The lowest BCUT2D eigenvalue weighted by Crippen LogP contribution is -2.12. The first kappa shape index (κ1) is 45.2. The number of hydrogen-bond donors (Lipinski definition) is 0. The van der Waals surface area contributed by atoms with Crippen molar-refractivity contribution in [2.24, 2.45) is 0 Å². The molecule has 0 fully saturated rings. The van der Waals surface area contributed by atoms with Gasteiger partial charge in [0.25, 0.3) is 0 Å². The van der Waals surface area contributed by atoms with E-state index in [2.05, 4.69) is 41.5 Å². The summed E-state index contributed by atoms with van der Waals surface area (Å²) < 4.78 is 72.9. The fraction of sp³-hybridized carbons (Fsp3) is 1.00. The second kappa shape index (κ2) is 35.0. The number of unbranched alkanes of at least 4 members (excludes halogenated alkanes) is 6. The molecule has 0 heterocycles. The number of phosphoric acid groups is 2. The Kier molecular flexibility index (Phi) is 36.8. The lowest BCUT2D eigenvalue weighted by molar-refractivity contribution is 0.0331. The van der Waals surface area contributed by atoms with Crippen LogP contribution >= 0.6 is 15.6 Å². The highest BCUT2D eigenvalue weighted by molar-refractivity contribution is 7.48. The van der Waals surface area contributed by atoms with Gasteiger partial charge in [0.15, 0.2) is 0 Å². The largest absolute Gasteiger partial charge is 0.475 e. The smallest absolute Gasteiger partial charge is 0.379 e. The van der Waals surface area contributed by atoms with E-state index in [0.29, 0.717) is 59.5 Å². The second-order valence-corrected chi connectivity index (χ2v) is 13.2. The van der Waals surface area contributed by atoms with Gasteiger partial charge >= 0.3 is 15.6 Å². The number of rotatable bonds is 33. The van der Waals surface area contributed by atoms with Crippen LogP contribution in [0.5, 0.6) is 0 Å². The molecular formula is C30H66O11P2. The summed E-state index contributed by atoms with van der Waals surface area (Å²) in [5.41, 5.74) is 0. The summed E-state index contributed by atoms with van der Waals surface area (Å²) in [7, 11) is -6.93. The Labute approximate surface area is 263 Å². The first-order valence-electron chi connectivity index (χ1n) is 16.7. The minimum atomic E-state index is -3.63. The monoisotopic (exact) mass is 664 g/mol. The van der Waals surface area contributed by atoms with E-state index in [1.54, 1.807) is 0 Å². The third kappa shape index (κ3) is 33.3. The maximum atomic E-state index is 12.6. The Hall–Kier alpha value is 0.1000. The van der Waals surface area contributed by atoms with Gasteiger partial charge in [-0.25, -0.2) is 9.13 Å². The van der Waals surface area contributed by atoms with E-state index in [1.807, 2.05) is 0 Å². The molecule has 0 amide bonds. The fourth-order valence-corrected chi connectivity index (χ4v) is 5.25. The Morgan fingerprint density at radius 1 is 0.302 bits per heavy atom. The molecule has 0 N–H and O–H groups in total. The van der Waals surface area contributed by atoms with Crippen molar-refractivity contribution in [3.63, 3.8) is 0 Å². The zero-order chi connectivity index (χ0) is 32.3. The Morgan fingerprint density at radius 3 is 0.744 bits per heavy atom. The highest BCUT2D eigenvalue weighted by Gasteiger charge is 2.27. The first-order valence-corrected chi connectivity index (χ1v) is 19.6. The van der Waals surface area contributed by atoms with Crippen molar-refractivity contribution in [2.75, 3.05) is 79.3 Å². The van der Waals surface area contributed by atoms with Gasteiger partial charge in [0.1, 0.15) is 0 Å². The van der Waals surface area contributed by atoms with E-state index in [9.17, 15) is 9.13 Å². The topological polar surface area (TPSA) is 117 Å². The molecule has 262 valence electrons. The third-order valence-corrected chi connectivity index (χ3v) is 8.59. The Balaban J connectivity index is 0. The molecule has 43 heavy (non-hydrogen) atoms. The quantitative estimate of drug-likeness (QED) is 0.0494. The molecule has 0 aromatic carbocycles. The van der Waals surface area contributed by atoms with Crippen molar-refractivity contribution in [1.82, 2.24) is 0 Å². The van der Waals surface area contributed by atoms with Crippen molar-refractivity contribution in [2.45, 2.75) is 119 Å². The minimum Gasteiger partial charge on any atom is -0.379 e. The SMILES string of the molecule is CCCCOCCOP(=O)(OCCOCCCC)OCCOCCCC.CCCCOP(=O)(OCCCC)OCCCC. The predicted octanol–water partition coefficient (Wildman–Crippen LogP) is 9.14. The summed E-state index contributed by atoms with van der Waals surface area (Å²) in [5, 5.41) is 0. The van der Waals surface area contributed by atoms with Crippen molar-refractivity contribution >= 4 is 15.6 Å². The number of hydrogen-bond acceptors (Lipinski definition) is 11. The number of phosphoric ester groups is 2. The molecule has 0 aromatic heterocycles. The molecule has 0 radical (unpaired) electrons. The predicted molar refractivity (Wildman–Crippen MR) is 173 cm³/mol. The molecule has 11 nitrogen and oxygen atoms in total. The highest BCUT2D eigenvalue weighted by atomic mass is 31.2. The van der Waals surface area contributed by atoms with Gasteiger partial charge in [0, 0.05) is 19.8 Å². The molecule has 13 heteroatoms. The average Bonchev–Trinajstić information content (AvgIpc) is 2.99. The van der Waals surface area contributed by atoms with E-state index >= 15 is 0 Å². The molecule has 0 aliphatic carbocycles. The lowest BCUT2D eigenvalue weighted by Gasteiger charge is -2.18. The van der Waals surface area contributed by atoms with Crippen LogP contribution in [0.15, 0.2) is 0 Å². The Morgan fingerprint density at radius 2 is 0.512 bits per heavy atom.